The summed E-state index contributed by atoms with van der Waals surface area (Å²) in [4.78, 5) is 18.4. The third-order valence-corrected chi connectivity index (χ3v) is 2.63. The predicted molar refractivity (Wildman–Crippen MR) is 73.2 cm³/mol. The lowest BCUT2D eigenvalue weighted by molar-refractivity contribution is -0.119. The van der Waals surface area contributed by atoms with Crippen molar-refractivity contribution in [2.24, 2.45) is 11.0 Å². The Morgan fingerprint density at radius 2 is 2.45 bits per heavy atom. The zero-order valence-electron chi connectivity index (χ0n) is 10.8. The minimum absolute atomic E-state index is 0.124. The number of hydrogen-bond donors (Lipinski definition) is 1. The molecule has 1 unspecified atom stereocenters. The van der Waals surface area contributed by atoms with Crippen LogP contribution in [-0.4, -0.2) is 27.2 Å². The quantitative estimate of drug-likeness (QED) is 0.511. The van der Waals surface area contributed by atoms with Gasteiger partial charge in [-0.15, -0.1) is 0 Å². The molecule has 8 heteroatoms. The molecule has 0 bridgehead atoms. The van der Waals surface area contributed by atoms with Crippen LogP contribution in [0.3, 0.4) is 0 Å². The standard InChI is InChI=1S/C12H13N7O/c1-9(5-15-18-13)12(20)17-10-6-16-19(8-10)11-3-2-4-14-7-11/h2-4,6-9H,5H2,1H3,(H,17,20). The van der Waals surface area contributed by atoms with Crippen LogP contribution in [0.4, 0.5) is 5.69 Å². The van der Waals surface area contributed by atoms with E-state index >= 15 is 0 Å². The van der Waals surface area contributed by atoms with Gasteiger partial charge < -0.3 is 5.32 Å². The first-order chi connectivity index (χ1) is 9.70. The number of nitrogens with zero attached hydrogens (tertiary/aromatic N) is 6. The van der Waals surface area contributed by atoms with Crippen LogP contribution in [0.1, 0.15) is 6.92 Å². The van der Waals surface area contributed by atoms with Crippen molar-refractivity contribution in [3.8, 4) is 5.69 Å². The maximum Gasteiger partial charge on any atom is 0.227 e. The minimum atomic E-state index is -0.396. The topological polar surface area (TPSA) is 109 Å². The van der Waals surface area contributed by atoms with Crippen LogP contribution in [0.25, 0.3) is 16.1 Å². The molecule has 0 fully saturated rings. The van der Waals surface area contributed by atoms with Crippen molar-refractivity contribution in [3.05, 3.63) is 47.4 Å². The van der Waals surface area contributed by atoms with Gasteiger partial charge in [0, 0.05) is 23.6 Å². The fourth-order valence-electron chi connectivity index (χ4n) is 1.53. The van der Waals surface area contributed by atoms with Gasteiger partial charge in [0.25, 0.3) is 0 Å². The molecule has 2 aromatic rings. The molecule has 102 valence electrons. The molecule has 0 spiro atoms. The van der Waals surface area contributed by atoms with E-state index in [1.54, 1.807) is 42.5 Å². The number of rotatable bonds is 5. The summed E-state index contributed by atoms with van der Waals surface area (Å²) in [6.07, 6.45) is 6.58. The Balaban J connectivity index is 2.03. The molecule has 1 atom stereocenters. The van der Waals surface area contributed by atoms with Gasteiger partial charge >= 0.3 is 0 Å². The van der Waals surface area contributed by atoms with Gasteiger partial charge in [0.2, 0.25) is 5.91 Å². The van der Waals surface area contributed by atoms with Gasteiger partial charge in [0.05, 0.1) is 30.0 Å². The van der Waals surface area contributed by atoms with Crippen LogP contribution in [0.2, 0.25) is 0 Å². The van der Waals surface area contributed by atoms with E-state index < -0.39 is 5.92 Å². The maximum absolute atomic E-state index is 11.8. The van der Waals surface area contributed by atoms with E-state index in [0.29, 0.717) is 5.69 Å². The van der Waals surface area contributed by atoms with Gasteiger partial charge in [0.15, 0.2) is 0 Å². The number of pyridine rings is 1. The van der Waals surface area contributed by atoms with Gasteiger partial charge in [0.1, 0.15) is 0 Å². The molecule has 0 aliphatic rings. The highest BCUT2D eigenvalue weighted by atomic mass is 16.1. The lowest BCUT2D eigenvalue weighted by Crippen LogP contribution is -2.22. The van der Waals surface area contributed by atoms with Crippen LogP contribution in [0.15, 0.2) is 42.0 Å². The largest absolute Gasteiger partial charge is 0.323 e. The zero-order valence-corrected chi connectivity index (χ0v) is 10.8. The lowest BCUT2D eigenvalue weighted by Gasteiger charge is -2.07. The zero-order chi connectivity index (χ0) is 14.4. The Labute approximate surface area is 115 Å². The number of anilines is 1. The summed E-state index contributed by atoms with van der Waals surface area (Å²) in [7, 11) is 0. The Hall–Kier alpha value is -2.86. The summed E-state index contributed by atoms with van der Waals surface area (Å²) in [5.41, 5.74) is 9.60. The van der Waals surface area contributed by atoms with E-state index in [-0.39, 0.29) is 12.5 Å². The van der Waals surface area contributed by atoms with Crippen molar-refractivity contribution >= 4 is 11.6 Å². The van der Waals surface area contributed by atoms with Gasteiger partial charge in [-0.3, -0.25) is 9.78 Å². The van der Waals surface area contributed by atoms with E-state index in [9.17, 15) is 4.79 Å². The van der Waals surface area contributed by atoms with Crippen LogP contribution < -0.4 is 5.32 Å². The van der Waals surface area contributed by atoms with Crippen molar-refractivity contribution in [1.82, 2.24) is 14.8 Å². The van der Waals surface area contributed by atoms with E-state index in [0.717, 1.165) is 5.69 Å². The molecule has 2 aromatic heterocycles. The molecular formula is C12H13N7O. The molecule has 0 saturated carbocycles. The summed E-state index contributed by atoms with van der Waals surface area (Å²) >= 11 is 0. The summed E-state index contributed by atoms with van der Waals surface area (Å²) in [6.45, 7) is 1.81. The second-order valence-electron chi connectivity index (χ2n) is 4.19. The Morgan fingerprint density at radius 3 is 3.15 bits per heavy atom. The SMILES string of the molecule is CC(CN=[N+]=[N-])C(=O)Nc1cnn(-c2cccnc2)c1. The molecule has 1 N–H and O–H groups in total. The smallest absolute Gasteiger partial charge is 0.227 e. The molecule has 2 rings (SSSR count). The number of azide groups is 1. The molecule has 0 aliphatic heterocycles. The van der Waals surface area contributed by atoms with E-state index in [2.05, 4.69) is 25.4 Å². The normalized spacial score (nSPS) is 11.4. The van der Waals surface area contributed by atoms with Crippen molar-refractivity contribution in [2.75, 3.05) is 11.9 Å². The molecule has 0 saturated heterocycles. The third-order valence-electron chi connectivity index (χ3n) is 2.63. The summed E-state index contributed by atoms with van der Waals surface area (Å²) < 4.78 is 1.61. The number of carbonyl (C=O) groups excluding carboxylic acids is 1. The fourth-order valence-corrected chi connectivity index (χ4v) is 1.53. The first kappa shape index (κ1) is 13.6. The molecule has 20 heavy (non-hydrogen) atoms. The van der Waals surface area contributed by atoms with Crippen molar-refractivity contribution in [1.29, 1.82) is 0 Å². The molecule has 0 aliphatic carbocycles. The number of amides is 1. The van der Waals surface area contributed by atoms with Crippen molar-refractivity contribution < 1.29 is 4.79 Å². The molecule has 0 aromatic carbocycles. The highest BCUT2D eigenvalue weighted by molar-refractivity contribution is 5.92. The number of nitrogens with one attached hydrogen (secondary N) is 1. The Bertz CT molecular complexity index is 630. The average molecular weight is 271 g/mol. The number of aromatic nitrogens is 3. The van der Waals surface area contributed by atoms with Crippen LogP contribution in [0.5, 0.6) is 0 Å². The molecule has 2 heterocycles. The fraction of sp³-hybridized carbons (Fsp3) is 0.250. The predicted octanol–water partition coefficient (Wildman–Crippen LogP) is 2.15. The van der Waals surface area contributed by atoms with Gasteiger partial charge in [-0.25, -0.2) is 4.68 Å². The average Bonchev–Trinajstić information content (AvgIpc) is 2.94. The third kappa shape index (κ3) is 3.33. The summed E-state index contributed by atoms with van der Waals surface area (Å²) in [6, 6.07) is 3.66. The molecule has 8 nitrogen and oxygen atoms in total. The number of hydrogen-bond acceptors (Lipinski definition) is 4. The van der Waals surface area contributed by atoms with E-state index in [4.69, 9.17) is 5.53 Å². The van der Waals surface area contributed by atoms with E-state index in [1.807, 2.05) is 6.07 Å². The molecular weight excluding hydrogens is 258 g/mol. The Kier molecular flexibility index (Phi) is 4.31. The van der Waals surface area contributed by atoms with Gasteiger partial charge in [-0.2, -0.15) is 5.10 Å². The van der Waals surface area contributed by atoms with Gasteiger partial charge in [-0.05, 0) is 17.7 Å². The monoisotopic (exact) mass is 271 g/mol. The second-order valence-corrected chi connectivity index (χ2v) is 4.19. The summed E-state index contributed by atoms with van der Waals surface area (Å²) in [5, 5.41) is 10.2. The first-order valence-corrected chi connectivity index (χ1v) is 5.97. The molecule has 1 amide bonds. The summed E-state index contributed by atoms with van der Waals surface area (Å²) in [5.74, 6) is -0.615. The van der Waals surface area contributed by atoms with Crippen LogP contribution in [-0.2, 0) is 4.79 Å². The van der Waals surface area contributed by atoms with Crippen molar-refractivity contribution in [2.45, 2.75) is 6.92 Å². The van der Waals surface area contributed by atoms with Gasteiger partial charge in [-0.1, -0.05) is 12.0 Å². The Morgan fingerprint density at radius 1 is 1.60 bits per heavy atom. The highest BCUT2D eigenvalue weighted by Crippen LogP contribution is 2.11. The second kappa shape index (κ2) is 6.35. The highest BCUT2D eigenvalue weighted by Gasteiger charge is 2.13. The van der Waals surface area contributed by atoms with Crippen LogP contribution >= 0.6 is 0 Å². The lowest BCUT2D eigenvalue weighted by atomic mass is 10.2. The first-order valence-electron chi connectivity index (χ1n) is 5.97. The number of carbonyl (C=O) groups is 1. The maximum atomic E-state index is 11.8. The van der Waals surface area contributed by atoms with Crippen molar-refractivity contribution in [3.63, 3.8) is 0 Å². The van der Waals surface area contributed by atoms with E-state index in [1.165, 1.54) is 0 Å². The van der Waals surface area contributed by atoms with Crippen LogP contribution in [0, 0.1) is 5.92 Å². The molecule has 0 radical (unpaired) electrons. The minimum Gasteiger partial charge on any atom is -0.323 e.